The van der Waals surface area contributed by atoms with Gasteiger partial charge in [-0.05, 0) is 36.6 Å². The molecule has 6 heteroatoms. The summed E-state index contributed by atoms with van der Waals surface area (Å²) in [7, 11) is 0. The van der Waals surface area contributed by atoms with Crippen LogP contribution in [0.3, 0.4) is 0 Å². The number of benzene rings is 1. The number of piperazine rings is 1. The van der Waals surface area contributed by atoms with Gasteiger partial charge in [0, 0.05) is 26.2 Å². The summed E-state index contributed by atoms with van der Waals surface area (Å²) >= 11 is 6.11. The van der Waals surface area contributed by atoms with E-state index in [1.54, 1.807) is 18.2 Å². The number of anilines is 1. The molecule has 1 N–H and O–H groups in total. The number of aromatic nitrogens is 1. The minimum Gasteiger partial charge on any atom is -0.483 e. The number of halogens is 1. The fraction of sp³-hybridized carbons (Fsp3) is 0.368. The molecule has 0 spiro atoms. The first-order valence-electron chi connectivity index (χ1n) is 8.57. The van der Waals surface area contributed by atoms with Crippen LogP contribution < -0.4 is 15.0 Å². The fourth-order valence-corrected chi connectivity index (χ4v) is 3.66. The minimum absolute atomic E-state index is 0.136. The lowest BCUT2D eigenvalue weighted by Crippen LogP contribution is -2.44. The molecule has 1 aliphatic heterocycles. The molecule has 2 aliphatic rings. The van der Waals surface area contributed by atoms with E-state index in [2.05, 4.69) is 28.4 Å². The smallest absolute Gasteiger partial charge is 0.141 e. The summed E-state index contributed by atoms with van der Waals surface area (Å²) < 4.78 is 6.15. The van der Waals surface area contributed by atoms with Crippen LogP contribution in [-0.2, 0) is 6.42 Å². The summed E-state index contributed by atoms with van der Waals surface area (Å²) in [5.41, 5.74) is 2.60. The van der Waals surface area contributed by atoms with E-state index >= 15 is 0 Å². The van der Waals surface area contributed by atoms with Gasteiger partial charge < -0.3 is 15.0 Å². The van der Waals surface area contributed by atoms with E-state index in [4.69, 9.17) is 21.3 Å². The molecule has 0 unspecified atom stereocenters. The zero-order valence-corrected chi connectivity index (χ0v) is 14.6. The third-order valence-electron chi connectivity index (χ3n) is 4.78. The number of aryl methyl sites for hydroxylation is 1. The number of fused-ring (bicyclic) bond motifs is 1. The predicted molar refractivity (Wildman–Crippen MR) is 97.2 cm³/mol. The van der Waals surface area contributed by atoms with Crippen molar-refractivity contribution < 1.29 is 4.74 Å². The van der Waals surface area contributed by atoms with E-state index in [1.165, 1.54) is 5.56 Å². The van der Waals surface area contributed by atoms with Gasteiger partial charge in [-0.1, -0.05) is 23.7 Å². The highest BCUT2D eigenvalue weighted by atomic mass is 35.5. The summed E-state index contributed by atoms with van der Waals surface area (Å²) in [5.74, 6) is 1.53. The number of nitrogens with zero attached hydrogens (tertiary/aromatic N) is 3. The topological polar surface area (TPSA) is 61.2 Å². The Bertz CT molecular complexity index is 827. The second-order valence-corrected chi connectivity index (χ2v) is 6.73. The van der Waals surface area contributed by atoms with E-state index in [-0.39, 0.29) is 6.10 Å². The molecule has 1 aromatic carbocycles. The van der Waals surface area contributed by atoms with Crippen molar-refractivity contribution in [3.05, 3.63) is 52.2 Å². The second kappa shape index (κ2) is 6.91. The summed E-state index contributed by atoms with van der Waals surface area (Å²) in [6.45, 7) is 3.88. The van der Waals surface area contributed by atoms with E-state index in [1.807, 2.05) is 0 Å². The number of nitrogens with one attached hydrogen (secondary N) is 1. The lowest BCUT2D eigenvalue weighted by atomic mass is 10.2. The maximum Gasteiger partial charge on any atom is 0.141 e. The van der Waals surface area contributed by atoms with Gasteiger partial charge in [0.2, 0.25) is 0 Å². The molecule has 1 fully saturated rings. The zero-order valence-electron chi connectivity index (χ0n) is 13.8. The third kappa shape index (κ3) is 3.15. The highest BCUT2D eigenvalue weighted by Crippen LogP contribution is 2.37. The molecule has 4 rings (SSSR count). The van der Waals surface area contributed by atoms with Crippen molar-refractivity contribution in [2.75, 3.05) is 31.1 Å². The molecule has 1 aliphatic carbocycles. The number of rotatable bonds is 3. The molecular weight excluding hydrogens is 336 g/mol. The monoisotopic (exact) mass is 354 g/mol. The molecule has 2 aromatic rings. The van der Waals surface area contributed by atoms with Crippen LogP contribution in [0, 0.1) is 11.3 Å². The van der Waals surface area contributed by atoms with E-state index < -0.39 is 0 Å². The van der Waals surface area contributed by atoms with Crippen LogP contribution in [0.15, 0.2) is 30.3 Å². The molecule has 0 amide bonds. The van der Waals surface area contributed by atoms with Crippen LogP contribution in [0.4, 0.5) is 5.82 Å². The van der Waals surface area contributed by atoms with Gasteiger partial charge in [-0.15, -0.1) is 0 Å². The maximum atomic E-state index is 9.34. The van der Waals surface area contributed by atoms with Crippen LogP contribution in [-0.4, -0.2) is 31.2 Å². The van der Waals surface area contributed by atoms with Gasteiger partial charge in [0.1, 0.15) is 29.3 Å². The summed E-state index contributed by atoms with van der Waals surface area (Å²) in [4.78, 5) is 7.19. The van der Waals surface area contributed by atoms with E-state index in [0.29, 0.717) is 16.3 Å². The van der Waals surface area contributed by atoms with E-state index in [9.17, 15) is 5.26 Å². The van der Waals surface area contributed by atoms with Crippen molar-refractivity contribution in [3.8, 4) is 11.8 Å². The Morgan fingerprint density at radius 1 is 1.24 bits per heavy atom. The summed E-state index contributed by atoms with van der Waals surface area (Å²) in [5, 5.41) is 13.1. The minimum atomic E-state index is -0.136. The Morgan fingerprint density at radius 2 is 2.08 bits per heavy atom. The number of hydrogen-bond donors (Lipinski definition) is 1. The van der Waals surface area contributed by atoms with Gasteiger partial charge in [-0.25, -0.2) is 4.98 Å². The molecule has 1 aromatic heterocycles. The van der Waals surface area contributed by atoms with Gasteiger partial charge >= 0.3 is 0 Å². The van der Waals surface area contributed by atoms with Crippen molar-refractivity contribution in [1.82, 2.24) is 10.3 Å². The number of hydrogen-bond acceptors (Lipinski definition) is 5. The highest BCUT2D eigenvalue weighted by molar-refractivity contribution is 6.31. The van der Waals surface area contributed by atoms with Gasteiger partial charge in [-0.3, -0.25) is 0 Å². The van der Waals surface area contributed by atoms with Gasteiger partial charge in [0.15, 0.2) is 0 Å². The normalized spacial score (nSPS) is 19.4. The zero-order chi connectivity index (χ0) is 17.2. The number of pyridine rings is 1. The van der Waals surface area contributed by atoms with Crippen molar-refractivity contribution in [2.45, 2.75) is 18.9 Å². The van der Waals surface area contributed by atoms with Crippen LogP contribution in [0.2, 0.25) is 5.02 Å². The Kier molecular flexibility index (Phi) is 4.48. The first-order valence-corrected chi connectivity index (χ1v) is 8.95. The summed E-state index contributed by atoms with van der Waals surface area (Å²) in [6.07, 6.45) is 1.67. The molecule has 128 valence electrons. The standard InChI is InChI=1S/C19H19ClN4O/c20-15-2-1-3-16(14(15)12-21)25-17-6-4-13-5-7-18(23-19(13)17)24-10-8-22-9-11-24/h1-3,5,7,17,22H,4,6,8-11H2/t17-/m0/s1. The Balaban J connectivity index is 1.61. The van der Waals surface area contributed by atoms with Crippen molar-refractivity contribution in [3.63, 3.8) is 0 Å². The van der Waals surface area contributed by atoms with Crippen molar-refractivity contribution in [2.24, 2.45) is 0 Å². The van der Waals surface area contributed by atoms with Crippen LogP contribution >= 0.6 is 11.6 Å². The molecule has 0 saturated carbocycles. The SMILES string of the molecule is N#Cc1c(Cl)cccc1O[C@H]1CCc2ccc(N3CCNCC3)nc21. The lowest BCUT2D eigenvalue weighted by Gasteiger charge is -2.29. The quantitative estimate of drug-likeness (QED) is 0.917. The van der Waals surface area contributed by atoms with Crippen LogP contribution in [0.5, 0.6) is 5.75 Å². The van der Waals surface area contributed by atoms with Crippen LogP contribution in [0.25, 0.3) is 0 Å². The Hall–Kier alpha value is -2.29. The van der Waals surface area contributed by atoms with Crippen LogP contribution in [0.1, 0.15) is 29.3 Å². The molecular formula is C19H19ClN4O. The first-order chi connectivity index (χ1) is 12.3. The number of nitriles is 1. The molecule has 1 atom stereocenters. The van der Waals surface area contributed by atoms with Gasteiger partial charge in [0.05, 0.1) is 10.7 Å². The summed E-state index contributed by atoms with van der Waals surface area (Å²) in [6, 6.07) is 11.7. The number of ether oxygens (including phenoxy) is 1. The van der Waals surface area contributed by atoms with Crippen molar-refractivity contribution in [1.29, 1.82) is 5.26 Å². The first kappa shape index (κ1) is 16.2. The Morgan fingerprint density at radius 3 is 2.88 bits per heavy atom. The van der Waals surface area contributed by atoms with E-state index in [0.717, 1.165) is 50.5 Å². The average molecular weight is 355 g/mol. The van der Waals surface area contributed by atoms with Gasteiger partial charge in [-0.2, -0.15) is 5.26 Å². The van der Waals surface area contributed by atoms with Gasteiger partial charge in [0.25, 0.3) is 0 Å². The maximum absolute atomic E-state index is 9.34. The third-order valence-corrected chi connectivity index (χ3v) is 5.09. The molecule has 25 heavy (non-hydrogen) atoms. The largest absolute Gasteiger partial charge is 0.483 e. The van der Waals surface area contributed by atoms with Crippen molar-refractivity contribution >= 4 is 17.4 Å². The predicted octanol–water partition coefficient (Wildman–Crippen LogP) is 3.08. The molecule has 0 bridgehead atoms. The molecule has 1 saturated heterocycles. The molecule has 0 radical (unpaired) electrons. The molecule has 2 heterocycles. The lowest BCUT2D eigenvalue weighted by molar-refractivity contribution is 0.203. The fourth-order valence-electron chi connectivity index (χ4n) is 3.46. The second-order valence-electron chi connectivity index (χ2n) is 6.32. The Labute approximate surface area is 152 Å². The highest BCUT2D eigenvalue weighted by Gasteiger charge is 2.28. The molecule has 5 nitrogen and oxygen atoms in total. The average Bonchev–Trinajstić information content (AvgIpc) is 3.05.